The summed E-state index contributed by atoms with van der Waals surface area (Å²) < 4.78 is 58.7. The number of nitrogens with zero attached hydrogens (tertiary/aromatic N) is 3. The van der Waals surface area contributed by atoms with Crippen LogP contribution in [-0.4, -0.2) is 35.6 Å². The van der Waals surface area contributed by atoms with Crippen LogP contribution in [0.5, 0.6) is 0 Å². The number of hydrogen-bond acceptors (Lipinski definition) is 4. The topological polar surface area (TPSA) is 38.3 Å². The number of rotatable bonds is 2. The second-order valence-corrected chi connectivity index (χ2v) is 6.47. The van der Waals surface area contributed by atoms with Gasteiger partial charge in [0.15, 0.2) is 11.6 Å². The number of benzene rings is 1. The summed E-state index contributed by atoms with van der Waals surface area (Å²) in [4.78, 5) is 9.68. The lowest BCUT2D eigenvalue weighted by Gasteiger charge is -2.41. The molecule has 0 spiro atoms. The van der Waals surface area contributed by atoms with Crippen LogP contribution < -0.4 is 4.90 Å². The van der Waals surface area contributed by atoms with Crippen molar-refractivity contribution in [3.8, 4) is 0 Å². The largest absolute Gasteiger partial charge is 0.376 e. The maximum atomic E-state index is 13.6. The number of hydrogen-bond donors (Lipinski definition) is 0. The Balaban J connectivity index is 1.76. The monoisotopic (exact) mass is 373 g/mol. The highest BCUT2D eigenvalue weighted by atomic mass is 35.5. The molecule has 0 aliphatic carbocycles. The Morgan fingerprint density at radius 2 is 1.92 bits per heavy atom. The minimum atomic E-state index is -2.76. The molecule has 0 saturated carbocycles. The lowest BCUT2D eigenvalue weighted by Crippen LogP contribution is -2.57. The smallest absolute Gasteiger partial charge is 0.282 e. The Morgan fingerprint density at radius 1 is 1.16 bits per heavy atom. The van der Waals surface area contributed by atoms with Gasteiger partial charge in [-0.05, 0) is 29.3 Å². The van der Waals surface area contributed by atoms with Gasteiger partial charge >= 0.3 is 0 Å². The standard InChI is InChI=1S/C16H12ClF4N3O/c17-15-22-13-9(8-1-2-11(18)12(19)3-8)4-25-5-10(13)14(23-15)24-6-16(20,21)7-24/h1-3,9H,4-7H2. The lowest BCUT2D eigenvalue weighted by atomic mass is 9.91. The van der Waals surface area contributed by atoms with Gasteiger partial charge in [0, 0.05) is 5.56 Å². The van der Waals surface area contributed by atoms with Crippen LogP contribution >= 0.6 is 11.6 Å². The predicted molar refractivity (Wildman–Crippen MR) is 82.1 cm³/mol. The first-order chi connectivity index (χ1) is 11.8. The molecule has 2 aliphatic heterocycles. The molecular formula is C16H12ClF4N3O. The summed E-state index contributed by atoms with van der Waals surface area (Å²) in [6.45, 7) is -0.573. The highest BCUT2D eigenvalue weighted by Crippen LogP contribution is 2.39. The van der Waals surface area contributed by atoms with Gasteiger partial charge < -0.3 is 9.64 Å². The zero-order chi connectivity index (χ0) is 17.8. The van der Waals surface area contributed by atoms with Crippen molar-refractivity contribution in [3.05, 3.63) is 51.9 Å². The summed E-state index contributed by atoms with van der Waals surface area (Å²) in [5.74, 6) is -4.88. The molecule has 132 valence electrons. The molecule has 1 aromatic carbocycles. The fourth-order valence-electron chi connectivity index (χ4n) is 3.15. The average Bonchev–Trinajstić information content (AvgIpc) is 2.54. The molecule has 0 radical (unpaired) electrons. The van der Waals surface area contributed by atoms with Gasteiger partial charge in [-0.1, -0.05) is 6.07 Å². The van der Waals surface area contributed by atoms with Crippen LogP contribution in [0.4, 0.5) is 23.4 Å². The van der Waals surface area contributed by atoms with Crippen LogP contribution in [0.3, 0.4) is 0 Å². The van der Waals surface area contributed by atoms with E-state index >= 15 is 0 Å². The molecule has 4 rings (SSSR count). The van der Waals surface area contributed by atoms with Crippen LogP contribution in [0.2, 0.25) is 5.28 Å². The summed E-state index contributed by atoms with van der Waals surface area (Å²) in [7, 11) is 0. The highest BCUT2D eigenvalue weighted by molar-refractivity contribution is 6.28. The first-order valence-electron chi connectivity index (χ1n) is 7.56. The number of anilines is 1. The first-order valence-corrected chi connectivity index (χ1v) is 7.94. The maximum absolute atomic E-state index is 13.6. The van der Waals surface area contributed by atoms with Gasteiger partial charge in [0.1, 0.15) is 5.82 Å². The van der Waals surface area contributed by atoms with E-state index in [1.807, 2.05) is 0 Å². The van der Waals surface area contributed by atoms with Gasteiger partial charge in [0.2, 0.25) is 5.28 Å². The van der Waals surface area contributed by atoms with Gasteiger partial charge in [0.25, 0.3) is 5.92 Å². The van der Waals surface area contributed by atoms with Crippen molar-refractivity contribution in [1.29, 1.82) is 0 Å². The quantitative estimate of drug-likeness (QED) is 0.596. The molecule has 1 saturated heterocycles. The van der Waals surface area contributed by atoms with E-state index in [4.69, 9.17) is 16.3 Å². The third-order valence-electron chi connectivity index (χ3n) is 4.34. The van der Waals surface area contributed by atoms with Gasteiger partial charge in [-0.25, -0.2) is 27.5 Å². The zero-order valence-corrected chi connectivity index (χ0v) is 13.5. The molecule has 9 heteroatoms. The molecule has 0 amide bonds. The average molecular weight is 374 g/mol. The number of fused-ring (bicyclic) bond motifs is 1. The molecule has 2 aromatic rings. The summed E-state index contributed by atoms with van der Waals surface area (Å²) in [6.07, 6.45) is 0. The number of aromatic nitrogens is 2. The van der Waals surface area contributed by atoms with Crippen LogP contribution in [0.1, 0.15) is 22.7 Å². The van der Waals surface area contributed by atoms with Crippen molar-refractivity contribution in [3.63, 3.8) is 0 Å². The van der Waals surface area contributed by atoms with Gasteiger partial charge in [-0.2, -0.15) is 0 Å². The van der Waals surface area contributed by atoms with Crippen LogP contribution in [-0.2, 0) is 11.3 Å². The third-order valence-corrected chi connectivity index (χ3v) is 4.51. The van der Waals surface area contributed by atoms with Crippen molar-refractivity contribution >= 4 is 17.4 Å². The molecule has 0 N–H and O–H groups in total. The third kappa shape index (κ3) is 2.93. The molecule has 1 aromatic heterocycles. The summed E-state index contributed by atoms with van der Waals surface area (Å²) in [5.41, 5.74) is 1.50. The molecule has 1 fully saturated rings. The minimum absolute atomic E-state index is 0.0848. The molecule has 3 heterocycles. The van der Waals surface area contributed by atoms with E-state index in [0.29, 0.717) is 22.6 Å². The van der Waals surface area contributed by atoms with E-state index in [2.05, 4.69) is 9.97 Å². The van der Waals surface area contributed by atoms with E-state index in [9.17, 15) is 17.6 Å². The Morgan fingerprint density at radius 3 is 2.60 bits per heavy atom. The van der Waals surface area contributed by atoms with Crippen molar-refractivity contribution in [2.75, 3.05) is 24.6 Å². The van der Waals surface area contributed by atoms with E-state index in [1.165, 1.54) is 11.0 Å². The SMILES string of the molecule is Fc1ccc(C2COCc3c2nc(Cl)nc3N2CC(F)(F)C2)cc1F. The van der Waals surface area contributed by atoms with Gasteiger partial charge in [0.05, 0.1) is 37.9 Å². The highest BCUT2D eigenvalue weighted by Gasteiger charge is 2.46. The second-order valence-electron chi connectivity index (χ2n) is 6.13. The van der Waals surface area contributed by atoms with E-state index in [-0.39, 0.29) is 18.5 Å². The van der Waals surface area contributed by atoms with Crippen molar-refractivity contribution < 1.29 is 22.3 Å². The Labute approximate surface area is 145 Å². The van der Waals surface area contributed by atoms with Gasteiger partial charge in [-0.15, -0.1) is 0 Å². The molecule has 25 heavy (non-hydrogen) atoms. The van der Waals surface area contributed by atoms with E-state index in [0.717, 1.165) is 12.1 Å². The molecule has 1 atom stereocenters. The normalized spacial score (nSPS) is 21.6. The van der Waals surface area contributed by atoms with Crippen LogP contribution in [0.15, 0.2) is 18.2 Å². The molecular weight excluding hydrogens is 362 g/mol. The molecule has 0 bridgehead atoms. The summed E-state index contributed by atoms with van der Waals surface area (Å²) in [5, 5.41) is -0.0848. The van der Waals surface area contributed by atoms with Crippen LogP contribution in [0, 0.1) is 11.6 Å². The minimum Gasteiger partial charge on any atom is -0.376 e. The van der Waals surface area contributed by atoms with Crippen molar-refractivity contribution in [1.82, 2.24) is 9.97 Å². The van der Waals surface area contributed by atoms with Gasteiger partial charge in [-0.3, -0.25) is 0 Å². The maximum Gasteiger partial charge on any atom is 0.282 e. The van der Waals surface area contributed by atoms with E-state index in [1.54, 1.807) is 0 Å². The first kappa shape index (κ1) is 16.5. The number of ether oxygens (including phenoxy) is 1. The zero-order valence-electron chi connectivity index (χ0n) is 12.8. The fourth-order valence-corrected chi connectivity index (χ4v) is 3.32. The molecule has 4 nitrogen and oxygen atoms in total. The number of halogens is 5. The van der Waals surface area contributed by atoms with Crippen molar-refractivity contribution in [2.45, 2.75) is 18.4 Å². The molecule has 1 unspecified atom stereocenters. The van der Waals surface area contributed by atoms with Crippen molar-refractivity contribution in [2.24, 2.45) is 0 Å². The van der Waals surface area contributed by atoms with Crippen LogP contribution in [0.25, 0.3) is 0 Å². The second kappa shape index (κ2) is 5.81. The number of alkyl halides is 2. The Bertz CT molecular complexity index is 840. The predicted octanol–water partition coefficient (Wildman–Crippen LogP) is 3.53. The Kier molecular flexibility index (Phi) is 3.84. The summed E-state index contributed by atoms with van der Waals surface area (Å²) >= 11 is 5.98. The molecule has 2 aliphatic rings. The lowest BCUT2D eigenvalue weighted by molar-refractivity contribution is -0.0271. The summed E-state index contributed by atoms with van der Waals surface area (Å²) in [6, 6.07) is 3.54. The fraction of sp³-hybridized carbons (Fsp3) is 0.375. The van der Waals surface area contributed by atoms with E-state index < -0.39 is 36.6 Å². The Hall–Kier alpha value is -1.93.